The lowest BCUT2D eigenvalue weighted by atomic mass is 10.0. The predicted molar refractivity (Wildman–Crippen MR) is 178 cm³/mol. The molecule has 0 fully saturated rings. The summed E-state index contributed by atoms with van der Waals surface area (Å²) in [5.41, 5.74) is 7.50. The maximum absolute atomic E-state index is 13.6. The summed E-state index contributed by atoms with van der Waals surface area (Å²) in [6.45, 7) is 2.88. The third-order valence-corrected chi connectivity index (χ3v) is 7.62. The number of benzene rings is 4. The van der Waals surface area contributed by atoms with Gasteiger partial charge in [0.2, 0.25) is 6.79 Å². The van der Waals surface area contributed by atoms with E-state index in [1.807, 2.05) is 23.1 Å². The highest BCUT2D eigenvalue weighted by Crippen LogP contribution is 2.33. The van der Waals surface area contributed by atoms with Crippen LogP contribution in [0.5, 0.6) is 11.5 Å². The van der Waals surface area contributed by atoms with Gasteiger partial charge in [-0.25, -0.2) is 4.79 Å². The smallest absolute Gasteiger partial charge is 0.475 e. The fourth-order valence-electron chi connectivity index (χ4n) is 5.07. The van der Waals surface area contributed by atoms with Crippen molar-refractivity contribution in [3.63, 3.8) is 0 Å². The van der Waals surface area contributed by atoms with Gasteiger partial charge in [0, 0.05) is 37.6 Å². The van der Waals surface area contributed by atoms with E-state index in [9.17, 15) is 18.0 Å². The van der Waals surface area contributed by atoms with Crippen molar-refractivity contribution in [2.75, 3.05) is 13.3 Å². The number of carbonyl (C=O) groups excluding carboxylic acids is 1. The summed E-state index contributed by atoms with van der Waals surface area (Å²) in [5, 5.41) is 10.7. The maximum Gasteiger partial charge on any atom is 0.490 e. The summed E-state index contributed by atoms with van der Waals surface area (Å²) < 4.78 is 42.7. The Labute approximate surface area is 281 Å². The molecule has 11 heteroatoms. The average molecular weight is 670 g/mol. The number of aliphatic carboxylic acids is 1. The molecule has 4 aromatic carbocycles. The van der Waals surface area contributed by atoms with Crippen LogP contribution in [-0.4, -0.2) is 46.4 Å². The Hall–Kier alpha value is -5.68. The number of pyridine rings is 1. The minimum atomic E-state index is -5.08. The van der Waals surface area contributed by atoms with Gasteiger partial charge in [0.15, 0.2) is 11.5 Å². The highest BCUT2D eigenvalue weighted by Gasteiger charge is 2.38. The predicted octanol–water partition coefficient (Wildman–Crippen LogP) is 7.29. The van der Waals surface area contributed by atoms with Gasteiger partial charge in [-0.15, -0.1) is 0 Å². The number of carboxylic acids is 1. The molecule has 2 heterocycles. The van der Waals surface area contributed by atoms with Gasteiger partial charge in [0.1, 0.15) is 0 Å². The van der Waals surface area contributed by atoms with Crippen molar-refractivity contribution in [2.24, 2.45) is 0 Å². The molecule has 0 saturated carbocycles. The molecule has 2 N–H and O–H groups in total. The first-order valence-electron chi connectivity index (χ1n) is 15.5. The van der Waals surface area contributed by atoms with E-state index in [0.717, 1.165) is 36.2 Å². The summed E-state index contributed by atoms with van der Waals surface area (Å²) in [7, 11) is 0. The third-order valence-electron chi connectivity index (χ3n) is 7.62. The van der Waals surface area contributed by atoms with Crippen LogP contribution < -0.4 is 14.8 Å². The molecular weight excluding hydrogens is 635 g/mol. The number of fused-ring (bicyclic) bond motifs is 1. The molecule has 0 spiro atoms. The normalized spacial score (nSPS) is 11.7. The van der Waals surface area contributed by atoms with Gasteiger partial charge < -0.3 is 24.8 Å². The average Bonchev–Trinajstić information content (AvgIpc) is 3.59. The maximum atomic E-state index is 13.6. The number of halogens is 3. The number of nitrogens with zero attached hydrogens (tertiary/aromatic N) is 2. The number of alkyl halides is 3. The quantitative estimate of drug-likeness (QED) is 0.143. The van der Waals surface area contributed by atoms with Crippen molar-refractivity contribution in [3.05, 3.63) is 149 Å². The summed E-state index contributed by atoms with van der Waals surface area (Å²) in [6, 6.07) is 36.9. The molecule has 1 aromatic heterocycles. The zero-order valence-corrected chi connectivity index (χ0v) is 26.4. The number of carbonyl (C=O) groups is 2. The standard InChI is InChI=1S/C36H33N3O3.C2HF3O2/c40-36(33-16-17-34-35(21-33)42-26-41-34)39(25-30-7-4-19-37-23-30)24-29-10-14-32(15-11-29)31-12-8-28(9-13-31)22-38-20-18-27-5-2-1-3-6-27;3-2(4,5)1(6)7/h1-17,19,21,23,38H,18,20,22,24-26H2;(H,6,7). The molecule has 49 heavy (non-hydrogen) atoms. The Bertz CT molecular complexity index is 1820. The van der Waals surface area contributed by atoms with Crippen LogP contribution in [0.1, 0.15) is 32.6 Å². The topological polar surface area (TPSA) is 101 Å². The lowest BCUT2D eigenvalue weighted by molar-refractivity contribution is -0.192. The van der Waals surface area contributed by atoms with E-state index < -0.39 is 12.1 Å². The van der Waals surface area contributed by atoms with Gasteiger partial charge in [-0.2, -0.15) is 13.2 Å². The molecule has 0 aliphatic carbocycles. The molecule has 8 nitrogen and oxygen atoms in total. The molecule has 1 aliphatic rings. The van der Waals surface area contributed by atoms with Crippen molar-refractivity contribution in [3.8, 4) is 22.6 Å². The van der Waals surface area contributed by atoms with Gasteiger partial charge in [-0.05, 0) is 70.6 Å². The van der Waals surface area contributed by atoms with Crippen molar-refractivity contribution < 1.29 is 37.3 Å². The monoisotopic (exact) mass is 669 g/mol. The number of nitrogens with one attached hydrogen (secondary N) is 1. The lowest BCUT2D eigenvalue weighted by Gasteiger charge is -2.23. The Morgan fingerprint density at radius 3 is 2.00 bits per heavy atom. The number of amides is 1. The molecule has 1 amide bonds. The van der Waals surface area contributed by atoms with Gasteiger partial charge in [0.05, 0.1) is 0 Å². The summed E-state index contributed by atoms with van der Waals surface area (Å²) in [6.07, 6.45) is -0.528. The molecule has 0 atom stereocenters. The van der Waals surface area contributed by atoms with Crippen LogP contribution in [0.4, 0.5) is 13.2 Å². The van der Waals surface area contributed by atoms with Crippen LogP contribution >= 0.6 is 0 Å². The van der Waals surface area contributed by atoms with E-state index in [2.05, 4.69) is 83.1 Å². The van der Waals surface area contributed by atoms with Gasteiger partial charge in [-0.3, -0.25) is 9.78 Å². The van der Waals surface area contributed by atoms with Crippen LogP contribution in [0.25, 0.3) is 11.1 Å². The first-order chi connectivity index (χ1) is 23.7. The van der Waals surface area contributed by atoms with Crippen LogP contribution in [0.3, 0.4) is 0 Å². The largest absolute Gasteiger partial charge is 0.490 e. The second kappa shape index (κ2) is 16.4. The van der Waals surface area contributed by atoms with Gasteiger partial charge in [0.25, 0.3) is 5.91 Å². The van der Waals surface area contributed by atoms with Gasteiger partial charge in [-0.1, -0.05) is 84.9 Å². The van der Waals surface area contributed by atoms with E-state index in [-0.39, 0.29) is 12.7 Å². The minimum Gasteiger partial charge on any atom is -0.475 e. The highest BCUT2D eigenvalue weighted by molar-refractivity contribution is 5.95. The third kappa shape index (κ3) is 10.2. The van der Waals surface area contributed by atoms with Crippen LogP contribution in [0.2, 0.25) is 0 Å². The number of ether oxygens (including phenoxy) is 2. The Morgan fingerprint density at radius 2 is 1.37 bits per heavy atom. The van der Waals surface area contributed by atoms with Crippen LogP contribution in [-0.2, 0) is 30.8 Å². The Balaban J connectivity index is 0.000000606. The first kappa shape index (κ1) is 34.6. The fraction of sp³-hybridized carbons (Fsp3) is 0.184. The van der Waals surface area contributed by atoms with Crippen molar-refractivity contribution in [1.29, 1.82) is 0 Å². The van der Waals surface area contributed by atoms with Crippen LogP contribution in [0, 0.1) is 0 Å². The fourth-order valence-corrected chi connectivity index (χ4v) is 5.07. The molecule has 0 unspecified atom stereocenters. The van der Waals surface area contributed by atoms with E-state index >= 15 is 0 Å². The zero-order valence-electron chi connectivity index (χ0n) is 26.4. The Kier molecular flexibility index (Phi) is 11.6. The van der Waals surface area contributed by atoms with E-state index in [1.54, 1.807) is 30.6 Å². The molecule has 0 bridgehead atoms. The second-order valence-electron chi connectivity index (χ2n) is 11.2. The van der Waals surface area contributed by atoms with E-state index in [0.29, 0.717) is 30.2 Å². The van der Waals surface area contributed by atoms with Gasteiger partial charge >= 0.3 is 12.1 Å². The number of hydrogen-bond donors (Lipinski definition) is 2. The lowest BCUT2D eigenvalue weighted by Crippen LogP contribution is -2.30. The minimum absolute atomic E-state index is 0.0748. The zero-order chi connectivity index (χ0) is 34.6. The number of rotatable bonds is 11. The van der Waals surface area contributed by atoms with Crippen molar-refractivity contribution in [2.45, 2.75) is 32.2 Å². The first-order valence-corrected chi connectivity index (χ1v) is 15.5. The second-order valence-corrected chi connectivity index (χ2v) is 11.2. The van der Waals surface area contributed by atoms with Crippen molar-refractivity contribution in [1.82, 2.24) is 15.2 Å². The van der Waals surface area contributed by atoms with Crippen molar-refractivity contribution >= 4 is 11.9 Å². The molecule has 252 valence electrons. The van der Waals surface area contributed by atoms with E-state index in [4.69, 9.17) is 19.4 Å². The number of hydrogen-bond acceptors (Lipinski definition) is 6. The van der Waals surface area contributed by atoms with E-state index in [1.165, 1.54) is 16.7 Å². The SMILES string of the molecule is O=C(O)C(F)(F)F.O=C(c1ccc2c(c1)OCO2)N(Cc1ccc(-c2ccc(CNCCc3ccccc3)cc2)cc1)Cc1cccnc1. The number of aromatic nitrogens is 1. The summed E-state index contributed by atoms with van der Waals surface area (Å²) >= 11 is 0. The molecule has 6 rings (SSSR count). The number of carboxylic acid groups (broad SMARTS) is 1. The molecular formula is C38H34F3N3O5. The van der Waals surface area contributed by atoms with Crippen LogP contribution in [0.15, 0.2) is 122 Å². The highest BCUT2D eigenvalue weighted by atomic mass is 19.4. The Morgan fingerprint density at radius 1 is 0.755 bits per heavy atom. The molecule has 0 saturated heterocycles. The molecule has 1 aliphatic heterocycles. The summed E-state index contributed by atoms with van der Waals surface area (Å²) in [5.74, 6) is -1.57. The molecule has 0 radical (unpaired) electrons. The summed E-state index contributed by atoms with van der Waals surface area (Å²) in [4.78, 5) is 28.6. The molecule has 5 aromatic rings.